The van der Waals surface area contributed by atoms with E-state index in [0.29, 0.717) is 60.9 Å². The zero-order valence-corrected chi connectivity index (χ0v) is 20.9. The van der Waals surface area contributed by atoms with Gasteiger partial charge < -0.3 is 15.7 Å². The van der Waals surface area contributed by atoms with Gasteiger partial charge in [0.05, 0.1) is 0 Å². The number of hydrogen-bond acceptors (Lipinski definition) is 9. The van der Waals surface area contributed by atoms with E-state index in [1.165, 1.54) is 0 Å². The summed E-state index contributed by atoms with van der Waals surface area (Å²) >= 11 is 0. The van der Waals surface area contributed by atoms with Gasteiger partial charge in [0, 0.05) is 36.5 Å². The Morgan fingerprint density at radius 2 is 1.55 bits per heavy atom. The third-order valence-corrected chi connectivity index (χ3v) is 6.44. The molecule has 38 heavy (non-hydrogen) atoms. The Labute approximate surface area is 219 Å². The number of carbonyl (C=O) groups is 3. The van der Waals surface area contributed by atoms with Crippen LogP contribution in [-0.4, -0.2) is 65.8 Å². The molecule has 2 aromatic heterocycles. The Morgan fingerprint density at radius 3 is 2.21 bits per heavy atom. The Balaban J connectivity index is 1.19. The lowest BCUT2D eigenvalue weighted by Crippen LogP contribution is -2.41. The predicted molar refractivity (Wildman–Crippen MR) is 136 cm³/mol. The highest BCUT2D eigenvalue weighted by atomic mass is 16.4. The van der Waals surface area contributed by atoms with Crippen molar-refractivity contribution in [3.8, 4) is 23.0 Å². The summed E-state index contributed by atoms with van der Waals surface area (Å²) in [6, 6.07) is 7.50. The fourth-order valence-corrected chi connectivity index (χ4v) is 4.38. The molecule has 1 atom stereocenters. The normalized spacial score (nSPS) is 14.1. The fourth-order valence-electron chi connectivity index (χ4n) is 4.38. The topological polar surface area (TPSA) is 173 Å². The van der Waals surface area contributed by atoms with Gasteiger partial charge in [0.25, 0.3) is 5.91 Å². The molecular formula is C26H30N8O4. The van der Waals surface area contributed by atoms with Crippen LogP contribution in [0.3, 0.4) is 0 Å². The van der Waals surface area contributed by atoms with E-state index in [0.717, 1.165) is 25.7 Å². The van der Waals surface area contributed by atoms with Crippen LogP contribution in [0.1, 0.15) is 61.7 Å². The number of carboxylic acid groups (broad SMARTS) is 1. The first-order chi connectivity index (χ1) is 18.5. The third kappa shape index (κ3) is 7.58. The predicted octanol–water partition coefficient (Wildman–Crippen LogP) is 2.44. The van der Waals surface area contributed by atoms with Crippen LogP contribution in [0.4, 0.5) is 0 Å². The maximum Gasteiger partial charge on any atom is 0.326 e. The van der Waals surface area contributed by atoms with Gasteiger partial charge in [0.15, 0.2) is 0 Å². The lowest BCUT2D eigenvalue weighted by molar-refractivity contribution is -0.142. The summed E-state index contributed by atoms with van der Waals surface area (Å²) < 4.78 is 0. The smallest absolute Gasteiger partial charge is 0.326 e. The maximum atomic E-state index is 12.5. The molecule has 0 bridgehead atoms. The van der Waals surface area contributed by atoms with Crippen LogP contribution in [0.5, 0.6) is 0 Å². The van der Waals surface area contributed by atoms with Crippen molar-refractivity contribution in [1.82, 2.24) is 41.0 Å². The lowest BCUT2D eigenvalue weighted by Gasteiger charge is -2.16. The number of carbonyl (C=O) groups excluding carboxylic acids is 2. The van der Waals surface area contributed by atoms with Crippen molar-refractivity contribution in [3.63, 3.8) is 0 Å². The maximum absolute atomic E-state index is 12.5. The molecule has 1 aromatic carbocycles. The van der Waals surface area contributed by atoms with Gasteiger partial charge in [0.1, 0.15) is 6.04 Å². The van der Waals surface area contributed by atoms with E-state index in [2.05, 4.69) is 41.0 Å². The van der Waals surface area contributed by atoms with Crippen molar-refractivity contribution in [2.75, 3.05) is 6.54 Å². The summed E-state index contributed by atoms with van der Waals surface area (Å²) in [6.07, 6.45) is 9.36. The number of unbranched alkanes of at least 4 members (excludes halogenated alkanes) is 1. The number of rotatable bonds is 12. The molecule has 2 amide bonds. The Hall–Kier alpha value is -4.35. The molecule has 1 aliphatic rings. The highest BCUT2D eigenvalue weighted by Crippen LogP contribution is 2.27. The van der Waals surface area contributed by atoms with Gasteiger partial charge in [-0.25, -0.2) is 14.8 Å². The molecule has 4 rings (SSSR count). The molecule has 12 heteroatoms. The monoisotopic (exact) mass is 518 g/mol. The van der Waals surface area contributed by atoms with Crippen molar-refractivity contribution in [3.05, 3.63) is 48.3 Å². The molecule has 198 valence electrons. The van der Waals surface area contributed by atoms with Crippen LogP contribution >= 0.6 is 0 Å². The molecular weight excluding hydrogens is 488 g/mol. The minimum Gasteiger partial charge on any atom is -0.480 e. The third-order valence-electron chi connectivity index (χ3n) is 6.44. The first-order valence-electron chi connectivity index (χ1n) is 12.7. The average molecular weight is 519 g/mol. The van der Waals surface area contributed by atoms with E-state index >= 15 is 0 Å². The van der Waals surface area contributed by atoms with E-state index in [-0.39, 0.29) is 17.6 Å². The van der Waals surface area contributed by atoms with E-state index in [1.807, 2.05) is 0 Å². The SMILES string of the molecule is O=C(CC1CCCC1)NC(CCCCNC(=O)c1ccc(-c2nnc(-c3ncccn3)nn2)cc1)C(=O)O. The summed E-state index contributed by atoms with van der Waals surface area (Å²) in [5.41, 5.74) is 1.11. The van der Waals surface area contributed by atoms with Crippen molar-refractivity contribution in [2.24, 2.45) is 5.92 Å². The second kappa shape index (κ2) is 13.3. The minimum atomic E-state index is -1.04. The molecule has 1 aliphatic carbocycles. The van der Waals surface area contributed by atoms with Crippen LogP contribution in [0.15, 0.2) is 42.7 Å². The number of carboxylic acids is 1. The van der Waals surface area contributed by atoms with E-state index < -0.39 is 12.0 Å². The van der Waals surface area contributed by atoms with E-state index in [9.17, 15) is 19.5 Å². The number of aromatic nitrogens is 6. The molecule has 3 aromatic rings. The summed E-state index contributed by atoms with van der Waals surface area (Å²) in [5, 5.41) is 31.1. The summed E-state index contributed by atoms with van der Waals surface area (Å²) in [6.45, 7) is 0.392. The highest BCUT2D eigenvalue weighted by molar-refractivity contribution is 5.94. The molecule has 0 spiro atoms. The highest BCUT2D eigenvalue weighted by Gasteiger charge is 2.23. The summed E-state index contributed by atoms with van der Waals surface area (Å²) in [7, 11) is 0. The van der Waals surface area contributed by atoms with Crippen LogP contribution < -0.4 is 10.6 Å². The van der Waals surface area contributed by atoms with Gasteiger partial charge in [-0.3, -0.25) is 9.59 Å². The van der Waals surface area contributed by atoms with Crippen LogP contribution in [-0.2, 0) is 9.59 Å². The van der Waals surface area contributed by atoms with Crippen molar-refractivity contribution >= 4 is 17.8 Å². The lowest BCUT2D eigenvalue weighted by atomic mass is 10.0. The second-order valence-corrected chi connectivity index (χ2v) is 9.26. The first kappa shape index (κ1) is 26.7. The molecule has 1 unspecified atom stereocenters. The number of hydrogen-bond donors (Lipinski definition) is 3. The summed E-state index contributed by atoms with van der Waals surface area (Å²) in [5.74, 6) is -0.264. The fraction of sp³-hybridized carbons (Fsp3) is 0.423. The Kier molecular flexibility index (Phi) is 9.32. The van der Waals surface area contributed by atoms with Gasteiger partial charge in [-0.2, -0.15) is 0 Å². The second-order valence-electron chi connectivity index (χ2n) is 9.26. The molecule has 0 saturated heterocycles. The van der Waals surface area contributed by atoms with Gasteiger partial charge in [-0.05, 0) is 56.2 Å². The largest absolute Gasteiger partial charge is 0.480 e. The molecule has 3 N–H and O–H groups in total. The van der Waals surface area contributed by atoms with Gasteiger partial charge in [-0.1, -0.05) is 25.0 Å². The van der Waals surface area contributed by atoms with Crippen LogP contribution in [0, 0.1) is 5.92 Å². The van der Waals surface area contributed by atoms with Gasteiger partial charge in [0.2, 0.25) is 23.4 Å². The molecule has 2 heterocycles. The molecule has 1 fully saturated rings. The Morgan fingerprint density at radius 1 is 0.895 bits per heavy atom. The van der Waals surface area contributed by atoms with E-state index in [1.54, 1.807) is 42.7 Å². The van der Waals surface area contributed by atoms with E-state index in [4.69, 9.17) is 0 Å². The summed E-state index contributed by atoms with van der Waals surface area (Å²) in [4.78, 5) is 44.3. The average Bonchev–Trinajstić information content (AvgIpc) is 3.45. The van der Waals surface area contributed by atoms with Crippen molar-refractivity contribution in [2.45, 2.75) is 57.4 Å². The standard InChI is InChI=1S/C26H30N8O4/c35-21(16-17-6-1-2-7-17)30-20(26(37)38)8-3-4-13-29-25(36)19-11-9-18(10-12-19)22-31-33-24(34-32-22)23-27-14-5-15-28-23/h5,9-12,14-15,17,20H,1-4,6-8,13,16H2,(H,29,36)(H,30,35)(H,37,38). The Bertz CT molecular complexity index is 1220. The van der Waals surface area contributed by atoms with Crippen LogP contribution in [0.25, 0.3) is 23.0 Å². The molecule has 0 aliphatic heterocycles. The number of amides is 2. The quantitative estimate of drug-likeness (QED) is 0.302. The van der Waals surface area contributed by atoms with Gasteiger partial charge in [-0.15, -0.1) is 20.4 Å². The number of nitrogens with zero attached hydrogens (tertiary/aromatic N) is 6. The number of nitrogens with one attached hydrogen (secondary N) is 2. The zero-order chi connectivity index (χ0) is 26.7. The van der Waals surface area contributed by atoms with Gasteiger partial charge >= 0.3 is 5.97 Å². The first-order valence-corrected chi connectivity index (χ1v) is 12.7. The van der Waals surface area contributed by atoms with Crippen molar-refractivity contribution in [1.29, 1.82) is 0 Å². The number of benzene rings is 1. The molecule has 0 radical (unpaired) electrons. The molecule has 1 saturated carbocycles. The molecule has 12 nitrogen and oxygen atoms in total. The zero-order valence-electron chi connectivity index (χ0n) is 20.9. The number of aliphatic carboxylic acids is 1. The van der Waals surface area contributed by atoms with Crippen molar-refractivity contribution < 1.29 is 19.5 Å². The van der Waals surface area contributed by atoms with Crippen LogP contribution in [0.2, 0.25) is 0 Å². The minimum absolute atomic E-state index is 0.195.